The number of hydrogen-bond acceptors (Lipinski definition) is 2. The number of benzene rings is 1. The van der Waals surface area contributed by atoms with E-state index in [1.165, 1.54) is 0 Å². The molecule has 1 heterocycles. The van der Waals surface area contributed by atoms with Gasteiger partial charge in [0.1, 0.15) is 5.75 Å². The van der Waals surface area contributed by atoms with Gasteiger partial charge in [-0.1, -0.05) is 6.07 Å². The summed E-state index contributed by atoms with van der Waals surface area (Å²) in [6, 6.07) is 5.61. The van der Waals surface area contributed by atoms with Crippen LogP contribution in [0.1, 0.15) is 42.9 Å². The zero-order chi connectivity index (χ0) is 15.0. The van der Waals surface area contributed by atoms with Crippen molar-refractivity contribution >= 4 is 0 Å². The first-order chi connectivity index (χ1) is 9.95. The third kappa shape index (κ3) is 3.03. The van der Waals surface area contributed by atoms with E-state index in [9.17, 15) is 18.3 Å². The Balaban J connectivity index is 1.65. The molecule has 5 heteroatoms. The first-order valence-corrected chi connectivity index (χ1v) is 7.45. The minimum atomic E-state index is -4.10. The molecule has 1 saturated carbocycles. The predicted molar refractivity (Wildman–Crippen MR) is 72.1 cm³/mol. The number of ether oxygens (including phenoxy) is 1. The molecule has 3 rings (SSSR count). The van der Waals surface area contributed by atoms with E-state index in [0.29, 0.717) is 19.4 Å². The monoisotopic (exact) mass is 300 g/mol. The van der Waals surface area contributed by atoms with E-state index >= 15 is 0 Å². The van der Waals surface area contributed by atoms with Gasteiger partial charge in [0, 0.05) is 6.42 Å². The van der Waals surface area contributed by atoms with Crippen molar-refractivity contribution in [2.45, 2.75) is 44.4 Å². The van der Waals surface area contributed by atoms with Gasteiger partial charge >= 0.3 is 6.18 Å². The van der Waals surface area contributed by atoms with Gasteiger partial charge in [0.15, 0.2) is 0 Å². The van der Waals surface area contributed by atoms with Crippen LogP contribution >= 0.6 is 0 Å². The highest BCUT2D eigenvalue weighted by atomic mass is 19.4. The van der Waals surface area contributed by atoms with E-state index in [-0.39, 0.29) is 18.8 Å². The van der Waals surface area contributed by atoms with E-state index in [4.69, 9.17) is 4.74 Å². The average Bonchev–Trinajstić information content (AvgIpc) is 2.93. The van der Waals surface area contributed by atoms with Crippen LogP contribution in [-0.2, 0) is 6.42 Å². The molecule has 1 fully saturated rings. The maximum absolute atomic E-state index is 12.7. The fourth-order valence-electron chi connectivity index (χ4n) is 3.42. The van der Waals surface area contributed by atoms with Gasteiger partial charge in [0.25, 0.3) is 0 Å². The second-order valence-electron chi connectivity index (χ2n) is 6.06. The third-order valence-corrected chi connectivity index (χ3v) is 4.74. The zero-order valence-corrected chi connectivity index (χ0v) is 11.7. The number of fused-ring (bicyclic) bond motifs is 1. The minimum absolute atomic E-state index is 0.0797. The Morgan fingerprint density at radius 2 is 1.86 bits per heavy atom. The largest absolute Gasteiger partial charge is 0.493 e. The molecule has 0 saturated heterocycles. The van der Waals surface area contributed by atoms with Gasteiger partial charge in [-0.3, -0.25) is 0 Å². The van der Waals surface area contributed by atoms with E-state index in [1.807, 2.05) is 18.2 Å². The molecular weight excluding hydrogens is 281 g/mol. The van der Waals surface area contributed by atoms with Gasteiger partial charge in [0.05, 0.1) is 18.6 Å². The molecule has 0 spiro atoms. The molecule has 116 valence electrons. The first kappa shape index (κ1) is 14.7. The van der Waals surface area contributed by atoms with Gasteiger partial charge < -0.3 is 9.84 Å². The average molecular weight is 300 g/mol. The van der Waals surface area contributed by atoms with Crippen LogP contribution in [0.15, 0.2) is 18.2 Å². The van der Waals surface area contributed by atoms with Crippen LogP contribution in [-0.4, -0.2) is 17.9 Å². The number of alkyl halides is 3. The molecule has 0 aromatic heterocycles. The van der Waals surface area contributed by atoms with Crippen LogP contribution in [0.25, 0.3) is 0 Å². The lowest BCUT2D eigenvalue weighted by Crippen LogP contribution is -2.29. The third-order valence-electron chi connectivity index (χ3n) is 4.74. The first-order valence-electron chi connectivity index (χ1n) is 7.45. The summed E-state index contributed by atoms with van der Waals surface area (Å²) in [6.07, 6.45) is -2.83. The lowest BCUT2D eigenvalue weighted by Gasteiger charge is -2.32. The van der Waals surface area contributed by atoms with E-state index < -0.39 is 18.2 Å². The van der Waals surface area contributed by atoms with Gasteiger partial charge in [-0.15, -0.1) is 0 Å². The lowest BCUT2D eigenvalue weighted by atomic mass is 9.77. The van der Waals surface area contributed by atoms with Crippen molar-refractivity contribution in [3.8, 4) is 5.75 Å². The van der Waals surface area contributed by atoms with Crippen LogP contribution < -0.4 is 4.74 Å². The molecule has 1 aliphatic heterocycles. The molecule has 2 aliphatic rings. The Labute approximate surface area is 121 Å². The summed E-state index contributed by atoms with van der Waals surface area (Å²) in [4.78, 5) is 0. The number of rotatable bonds is 2. The zero-order valence-electron chi connectivity index (χ0n) is 11.7. The maximum atomic E-state index is 12.7. The highest BCUT2D eigenvalue weighted by Crippen LogP contribution is 2.43. The highest BCUT2D eigenvalue weighted by molar-refractivity contribution is 5.40. The van der Waals surface area contributed by atoms with Gasteiger partial charge in [-0.05, 0) is 54.9 Å². The van der Waals surface area contributed by atoms with E-state index in [1.54, 1.807) is 0 Å². The lowest BCUT2D eigenvalue weighted by molar-refractivity contribution is -0.185. The second kappa shape index (κ2) is 5.52. The number of aliphatic hydroxyl groups is 1. The van der Waals surface area contributed by atoms with Crippen molar-refractivity contribution in [3.63, 3.8) is 0 Å². The van der Waals surface area contributed by atoms with Crippen molar-refractivity contribution in [1.29, 1.82) is 0 Å². The van der Waals surface area contributed by atoms with Crippen LogP contribution in [0.3, 0.4) is 0 Å². The van der Waals surface area contributed by atoms with Crippen molar-refractivity contribution in [1.82, 2.24) is 0 Å². The molecule has 0 bridgehead atoms. The number of hydrogen-bond donors (Lipinski definition) is 1. The van der Waals surface area contributed by atoms with Gasteiger partial charge in [-0.25, -0.2) is 0 Å². The molecule has 0 amide bonds. The quantitative estimate of drug-likeness (QED) is 0.893. The summed E-state index contributed by atoms with van der Waals surface area (Å²) < 4.78 is 43.4. The molecule has 21 heavy (non-hydrogen) atoms. The fraction of sp³-hybridized carbons (Fsp3) is 0.625. The van der Waals surface area contributed by atoms with Crippen LogP contribution in [0, 0.1) is 11.8 Å². The topological polar surface area (TPSA) is 29.5 Å². The Morgan fingerprint density at radius 1 is 1.14 bits per heavy atom. The van der Waals surface area contributed by atoms with Crippen molar-refractivity contribution < 1.29 is 23.0 Å². The van der Waals surface area contributed by atoms with Crippen molar-refractivity contribution in [3.05, 3.63) is 29.3 Å². The summed E-state index contributed by atoms with van der Waals surface area (Å²) in [5.41, 5.74) is 1.88. The second-order valence-corrected chi connectivity index (χ2v) is 6.06. The Morgan fingerprint density at radius 3 is 2.52 bits per heavy atom. The Bertz CT molecular complexity index is 505. The summed E-state index contributed by atoms with van der Waals surface area (Å²) in [5, 5.41) is 10.4. The van der Waals surface area contributed by atoms with Gasteiger partial charge in [-0.2, -0.15) is 13.2 Å². The minimum Gasteiger partial charge on any atom is -0.493 e. The van der Waals surface area contributed by atoms with Crippen LogP contribution in [0.2, 0.25) is 0 Å². The molecule has 1 aromatic carbocycles. The van der Waals surface area contributed by atoms with E-state index in [2.05, 4.69) is 0 Å². The van der Waals surface area contributed by atoms with Crippen LogP contribution in [0.5, 0.6) is 5.75 Å². The Hall–Kier alpha value is -1.23. The fourth-order valence-corrected chi connectivity index (χ4v) is 3.42. The van der Waals surface area contributed by atoms with Crippen LogP contribution in [0.4, 0.5) is 13.2 Å². The summed E-state index contributed by atoms with van der Waals surface area (Å²) in [5.74, 6) is -0.426. The molecule has 1 atom stereocenters. The summed E-state index contributed by atoms with van der Waals surface area (Å²) in [7, 11) is 0. The molecule has 1 aromatic rings. The molecule has 0 radical (unpaired) electrons. The van der Waals surface area contributed by atoms with E-state index in [0.717, 1.165) is 23.3 Å². The normalized spacial score (nSPS) is 27.0. The molecule has 1 N–H and O–H groups in total. The number of aliphatic hydroxyl groups excluding tert-OH is 1. The maximum Gasteiger partial charge on any atom is 0.391 e. The summed E-state index contributed by atoms with van der Waals surface area (Å²) >= 11 is 0. The Kier molecular flexibility index (Phi) is 3.86. The molecule has 2 nitrogen and oxygen atoms in total. The van der Waals surface area contributed by atoms with Crippen molar-refractivity contribution in [2.24, 2.45) is 11.8 Å². The standard InChI is InChI=1S/C16H19F3O2/c17-16(18,19)13-4-1-10(2-5-13)15(20)12-3-6-14-11(9-12)7-8-21-14/h3,6,9-10,13,15,20H,1-2,4-5,7-8H2. The predicted octanol–water partition coefficient (Wildman–Crippen LogP) is 4.02. The summed E-state index contributed by atoms with van der Waals surface area (Å²) in [6.45, 7) is 0.658. The van der Waals surface area contributed by atoms with Gasteiger partial charge in [0.2, 0.25) is 0 Å². The SMILES string of the molecule is OC(c1ccc2c(c1)CCO2)C1CCC(C(F)(F)F)CC1. The molecule has 1 unspecified atom stereocenters. The number of halogens is 3. The van der Waals surface area contributed by atoms with Crippen molar-refractivity contribution in [2.75, 3.05) is 6.61 Å². The molecular formula is C16H19F3O2. The highest BCUT2D eigenvalue weighted by Gasteiger charge is 2.42. The smallest absolute Gasteiger partial charge is 0.391 e. The molecule has 1 aliphatic carbocycles.